The lowest BCUT2D eigenvalue weighted by Gasteiger charge is -2.46. The lowest BCUT2D eigenvalue weighted by atomic mass is 9.96. The number of carboxylic acid groups (broad SMARTS) is 1. The molecule has 2 rings (SSSR count). The van der Waals surface area contributed by atoms with Gasteiger partial charge in [0, 0.05) is 6.92 Å². The molecule has 2 aliphatic rings. The van der Waals surface area contributed by atoms with Crippen LogP contribution in [0.25, 0.3) is 0 Å². The largest absolute Gasteiger partial charge is 0.479 e. The van der Waals surface area contributed by atoms with Crippen molar-refractivity contribution in [1.29, 1.82) is 0 Å². The van der Waals surface area contributed by atoms with E-state index in [9.17, 15) is 55.2 Å². The molecule has 18 nitrogen and oxygen atoms in total. The fourth-order valence-corrected chi connectivity index (χ4v) is 6.36. The smallest absolute Gasteiger partial charge is 0.332 e. The molecule has 0 aromatic carbocycles. The number of carbonyl (C=O) groups is 3. The molecule has 54 heavy (non-hydrogen) atoms. The van der Waals surface area contributed by atoms with Crippen molar-refractivity contribution in [2.75, 3.05) is 19.8 Å². The Kier molecular flexibility index (Phi) is 23.1. The van der Waals surface area contributed by atoms with Crippen molar-refractivity contribution in [3.63, 3.8) is 0 Å². The fourth-order valence-electron chi connectivity index (χ4n) is 6.36. The Morgan fingerprint density at radius 3 is 1.83 bits per heavy atom. The Labute approximate surface area is 316 Å². The quantitative estimate of drug-likeness (QED) is 0.0385. The van der Waals surface area contributed by atoms with Crippen LogP contribution in [0.15, 0.2) is 0 Å². The van der Waals surface area contributed by atoms with Gasteiger partial charge in [0.1, 0.15) is 49.3 Å². The van der Waals surface area contributed by atoms with Crippen LogP contribution >= 0.6 is 0 Å². The predicted octanol–water partition coefficient (Wildman–Crippen LogP) is -0.212. The predicted molar refractivity (Wildman–Crippen MR) is 186 cm³/mol. The highest BCUT2D eigenvalue weighted by Crippen LogP contribution is 2.31. The lowest BCUT2D eigenvalue weighted by Crippen LogP contribution is -2.65. The molecule has 0 aromatic heterocycles. The summed E-state index contributed by atoms with van der Waals surface area (Å²) in [4.78, 5) is 34.9. The van der Waals surface area contributed by atoms with Gasteiger partial charge in [-0.15, -0.1) is 0 Å². The minimum Gasteiger partial charge on any atom is -0.479 e. The van der Waals surface area contributed by atoms with Crippen molar-refractivity contribution < 1.29 is 88.8 Å². The summed E-state index contributed by atoms with van der Waals surface area (Å²) < 4.78 is 33.4. The van der Waals surface area contributed by atoms with Gasteiger partial charge >= 0.3 is 17.9 Å². The third-order valence-corrected chi connectivity index (χ3v) is 9.53. The molecule has 18 heteroatoms. The monoisotopic (exact) mass is 784 g/mol. The highest BCUT2D eigenvalue weighted by Gasteiger charge is 2.52. The van der Waals surface area contributed by atoms with Gasteiger partial charge in [-0.2, -0.15) is 0 Å². The second kappa shape index (κ2) is 26.0. The van der Waals surface area contributed by atoms with Crippen molar-refractivity contribution >= 4 is 17.9 Å². The van der Waals surface area contributed by atoms with Gasteiger partial charge in [-0.3, -0.25) is 9.59 Å². The summed E-state index contributed by atoms with van der Waals surface area (Å²) in [5, 5.41) is 91.6. The summed E-state index contributed by atoms with van der Waals surface area (Å²) in [7, 11) is 0. The molecular formula is C36H64O18. The molecule has 0 amide bonds. The molecule has 2 aliphatic heterocycles. The zero-order valence-electron chi connectivity index (χ0n) is 31.4. The highest BCUT2D eigenvalue weighted by molar-refractivity contribution is 5.71. The standard InChI is InChI=1S/C36H64O18/c1-3-13-23(40)18-27(42)53-33-29(44)28(43)25(19-37)51-36(33)54-32-26(20-50-21(2)38)52-35(31(46)30(32)45)49-17-16-22(39)14-11-9-7-5-4-6-8-10-12-15-24(41)34(47)48/h22-26,28-33,35-37,39-41,43-46H,3-20H2,1-2H3,(H,47,48)/t22-,23-,24+,25+,26+,28+,29-,30+,31+,32+,33+,35+,36-/m0/s1. The van der Waals surface area contributed by atoms with Gasteiger partial charge < -0.3 is 74.4 Å². The zero-order valence-corrected chi connectivity index (χ0v) is 31.4. The minimum atomic E-state index is -1.83. The van der Waals surface area contributed by atoms with E-state index in [2.05, 4.69) is 0 Å². The van der Waals surface area contributed by atoms with Crippen LogP contribution in [-0.2, 0) is 42.8 Å². The Bertz CT molecular complexity index is 1060. The summed E-state index contributed by atoms with van der Waals surface area (Å²) in [6.45, 7) is 1.63. The summed E-state index contributed by atoms with van der Waals surface area (Å²) >= 11 is 0. The van der Waals surface area contributed by atoms with Crippen molar-refractivity contribution in [2.24, 2.45) is 0 Å². The van der Waals surface area contributed by atoms with Crippen molar-refractivity contribution in [3.8, 4) is 0 Å². The molecule has 2 heterocycles. The number of carbonyl (C=O) groups excluding carboxylic acids is 2. The first-order valence-corrected chi connectivity index (χ1v) is 19.2. The minimum absolute atomic E-state index is 0.0547. The first-order valence-electron chi connectivity index (χ1n) is 19.2. The number of aliphatic carboxylic acids is 1. The van der Waals surface area contributed by atoms with Crippen LogP contribution in [-0.4, -0.2) is 163 Å². The third-order valence-electron chi connectivity index (χ3n) is 9.53. The number of esters is 2. The maximum Gasteiger partial charge on any atom is 0.332 e. The molecule has 0 unspecified atom stereocenters. The van der Waals surface area contributed by atoms with E-state index in [4.69, 9.17) is 33.5 Å². The number of ether oxygens (including phenoxy) is 6. The van der Waals surface area contributed by atoms with E-state index in [1.165, 1.54) is 0 Å². The topological polar surface area (TPSA) is 289 Å². The van der Waals surface area contributed by atoms with Crippen molar-refractivity contribution in [2.45, 2.75) is 190 Å². The van der Waals surface area contributed by atoms with E-state index < -0.39 is 117 Å². The average Bonchev–Trinajstić information content (AvgIpc) is 3.12. The van der Waals surface area contributed by atoms with Crippen molar-refractivity contribution in [3.05, 3.63) is 0 Å². The van der Waals surface area contributed by atoms with Crippen LogP contribution in [0.1, 0.15) is 110 Å². The van der Waals surface area contributed by atoms with E-state index >= 15 is 0 Å². The molecule has 0 saturated carbocycles. The first kappa shape index (κ1) is 48.1. The number of hydrogen-bond donors (Lipinski definition) is 9. The van der Waals surface area contributed by atoms with Gasteiger partial charge in [-0.25, -0.2) is 4.79 Å². The molecule has 2 fully saturated rings. The second-order valence-electron chi connectivity index (χ2n) is 14.2. The van der Waals surface area contributed by atoms with E-state index in [1.54, 1.807) is 0 Å². The van der Waals surface area contributed by atoms with Crippen LogP contribution in [0.5, 0.6) is 0 Å². The van der Waals surface area contributed by atoms with E-state index in [-0.39, 0.29) is 19.4 Å². The number of aliphatic hydroxyl groups excluding tert-OH is 8. The Hall–Kier alpha value is -2.07. The molecular weight excluding hydrogens is 720 g/mol. The molecule has 2 saturated heterocycles. The molecule has 13 atom stereocenters. The number of aliphatic hydroxyl groups is 8. The second-order valence-corrected chi connectivity index (χ2v) is 14.2. The van der Waals surface area contributed by atoms with Crippen LogP contribution in [0, 0.1) is 0 Å². The number of hydrogen-bond acceptors (Lipinski definition) is 17. The maximum atomic E-state index is 12.6. The third kappa shape index (κ3) is 17.0. The fraction of sp³-hybridized carbons (Fsp3) is 0.917. The Morgan fingerprint density at radius 1 is 0.685 bits per heavy atom. The van der Waals surface area contributed by atoms with Crippen molar-refractivity contribution in [1.82, 2.24) is 0 Å². The molecule has 0 spiro atoms. The number of unbranched alkanes of at least 4 members (excludes halogenated alkanes) is 8. The molecule has 316 valence electrons. The summed E-state index contributed by atoms with van der Waals surface area (Å²) in [5.74, 6) is -2.83. The Balaban J connectivity index is 1.88. The molecule has 0 bridgehead atoms. The zero-order chi connectivity index (χ0) is 40.2. The van der Waals surface area contributed by atoms with Gasteiger partial charge in [0.05, 0.1) is 31.8 Å². The molecule has 0 radical (unpaired) electrons. The van der Waals surface area contributed by atoms with Crippen LogP contribution < -0.4 is 0 Å². The SMILES string of the molecule is CCC[C@H](O)CC(=O)O[C@H]1[C@H](O[C@H]2[C@H](O)[C@@H](O)[C@H](OCC[C@@H](O)CCCCCCCCCCC[C@@H](O)C(=O)O)O[C@@H]2COC(C)=O)O[C@H](CO)[C@@H](O)[C@@H]1O. The van der Waals surface area contributed by atoms with E-state index in [0.717, 1.165) is 58.3 Å². The maximum absolute atomic E-state index is 12.6. The average molecular weight is 785 g/mol. The van der Waals surface area contributed by atoms with Crippen LogP contribution in [0.3, 0.4) is 0 Å². The number of rotatable bonds is 27. The van der Waals surface area contributed by atoms with Gasteiger partial charge in [-0.1, -0.05) is 71.1 Å². The highest BCUT2D eigenvalue weighted by atomic mass is 16.8. The normalized spacial score (nSPS) is 30.3. The van der Waals surface area contributed by atoms with Gasteiger partial charge in [-0.05, 0) is 25.7 Å². The Morgan fingerprint density at radius 2 is 1.26 bits per heavy atom. The van der Waals surface area contributed by atoms with Crippen LogP contribution in [0.2, 0.25) is 0 Å². The summed E-state index contributed by atoms with van der Waals surface area (Å²) in [6.07, 6.45) is -9.32. The summed E-state index contributed by atoms with van der Waals surface area (Å²) in [6, 6.07) is 0. The lowest BCUT2D eigenvalue weighted by molar-refractivity contribution is -0.360. The molecule has 9 N–H and O–H groups in total. The van der Waals surface area contributed by atoms with Gasteiger partial charge in [0.15, 0.2) is 24.8 Å². The first-order chi connectivity index (χ1) is 25.7. The van der Waals surface area contributed by atoms with Gasteiger partial charge in [0.2, 0.25) is 0 Å². The summed E-state index contributed by atoms with van der Waals surface area (Å²) in [5.41, 5.74) is 0. The molecule has 0 aromatic rings. The number of carboxylic acids is 1. The van der Waals surface area contributed by atoms with Gasteiger partial charge in [0.25, 0.3) is 0 Å². The van der Waals surface area contributed by atoms with E-state index in [1.807, 2.05) is 6.92 Å². The van der Waals surface area contributed by atoms with E-state index in [0.29, 0.717) is 25.7 Å². The molecule has 0 aliphatic carbocycles. The van der Waals surface area contributed by atoms with Crippen LogP contribution in [0.4, 0.5) is 0 Å².